The van der Waals surface area contributed by atoms with Crippen LogP contribution in [0.1, 0.15) is 121 Å². The summed E-state index contributed by atoms with van der Waals surface area (Å²) >= 11 is 4.55. The van der Waals surface area contributed by atoms with Gasteiger partial charge in [-0.15, -0.1) is 0 Å². The third-order valence-electron chi connectivity index (χ3n) is 4.23. The van der Waals surface area contributed by atoms with Gasteiger partial charge >= 0.3 is 0 Å². The fourth-order valence-electron chi connectivity index (χ4n) is 3.42. The Morgan fingerprint density at radius 1 is 0.607 bits per heavy atom. The molecule has 0 heterocycles. The summed E-state index contributed by atoms with van der Waals surface area (Å²) in [5.74, 6) is -0.161. The topological polar surface area (TPSA) is 27.7 Å². The van der Waals surface area contributed by atoms with Gasteiger partial charge in [0, 0.05) is 5.92 Å². The molecular formula is C24H50O3S. The van der Waals surface area contributed by atoms with Crippen LogP contribution >= 0.6 is 12.6 Å². The van der Waals surface area contributed by atoms with E-state index in [0.29, 0.717) is 0 Å². The normalized spacial score (nSPS) is 15.1. The smallest absolute Gasteiger partial charge is 0.287 e. The van der Waals surface area contributed by atoms with Crippen LogP contribution in [0, 0.1) is 5.92 Å². The number of unbranched alkanes of at least 4 members (excludes halogenated alkanes) is 5. The first kappa shape index (κ1) is 28.2. The summed E-state index contributed by atoms with van der Waals surface area (Å²) < 4.78 is 19.8. The SMILES string of the molecule is CCCCCCCCC(CCS)C(OC(C)(C)C)(OC(C)(C)C)OC(C)(C)C. The first-order valence-electron chi connectivity index (χ1n) is 11.4. The largest absolute Gasteiger partial charge is 0.321 e. The Hall–Kier alpha value is 0.230. The van der Waals surface area contributed by atoms with Crippen molar-refractivity contribution >= 4 is 12.6 Å². The van der Waals surface area contributed by atoms with Crippen LogP contribution in [0.3, 0.4) is 0 Å². The maximum Gasteiger partial charge on any atom is 0.287 e. The van der Waals surface area contributed by atoms with Crippen LogP contribution in [0.25, 0.3) is 0 Å². The minimum atomic E-state index is -1.08. The Kier molecular flexibility index (Phi) is 12.3. The lowest BCUT2D eigenvalue weighted by Gasteiger charge is -2.49. The van der Waals surface area contributed by atoms with Gasteiger partial charge in [0.2, 0.25) is 0 Å². The summed E-state index contributed by atoms with van der Waals surface area (Å²) in [4.78, 5) is 0. The van der Waals surface area contributed by atoms with Gasteiger partial charge in [0.25, 0.3) is 5.97 Å². The van der Waals surface area contributed by atoms with Crippen molar-refractivity contribution in [3.63, 3.8) is 0 Å². The van der Waals surface area contributed by atoms with Crippen LogP contribution in [0.5, 0.6) is 0 Å². The van der Waals surface area contributed by atoms with Gasteiger partial charge in [0.15, 0.2) is 0 Å². The molecule has 0 N–H and O–H groups in total. The van der Waals surface area contributed by atoms with Crippen LogP contribution in [-0.2, 0) is 14.2 Å². The third kappa shape index (κ3) is 13.5. The highest BCUT2D eigenvalue weighted by Gasteiger charge is 2.49. The number of hydrogen-bond acceptors (Lipinski definition) is 4. The molecule has 0 spiro atoms. The molecule has 0 amide bonds. The van der Waals surface area contributed by atoms with E-state index in [2.05, 4.69) is 81.9 Å². The standard InChI is InChI=1S/C24H50O3S/c1-11-12-13-14-15-16-17-20(18-19-28)24(25-21(2,3)4,26-22(5,6)7)27-23(8,9)10/h20,28H,11-19H2,1-10H3. The lowest BCUT2D eigenvalue weighted by molar-refractivity contribution is -0.467. The number of thiol groups is 1. The van der Waals surface area contributed by atoms with E-state index in [-0.39, 0.29) is 22.7 Å². The molecule has 1 atom stereocenters. The van der Waals surface area contributed by atoms with E-state index in [0.717, 1.165) is 18.6 Å². The first-order chi connectivity index (χ1) is 12.6. The van der Waals surface area contributed by atoms with Crippen molar-refractivity contribution in [2.24, 2.45) is 5.92 Å². The van der Waals surface area contributed by atoms with Crippen molar-refractivity contribution in [2.75, 3.05) is 5.75 Å². The second-order valence-electron chi connectivity index (χ2n) is 11.0. The molecule has 170 valence electrons. The molecule has 0 fully saturated rings. The predicted octanol–water partition coefficient (Wildman–Crippen LogP) is 7.77. The Balaban J connectivity index is 5.65. The van der Waals surface area contributed by atoms with Crippen molar-refractivity contribution in [1.82, 2.24) is 0 Å². The molecule has 0 aliphatic heterocycles. The van der Waals surface area contributed by atoms with Crippen LogP contribution in [0.2, 0.25) is 0 Å². The van der Waals surface area contributed by atoms with E-state index < -0.39 is 5.97 Å². The summed E-state index contributed by atoms with van der Waals surface area (Å²) in [6.45, 7) is 20.9. The Morgan fingerprint density at radius 2 is 1.00 bits per heavy atom. The molecule has 0 saturated carbocycles. The summed E-state index contributed by atoms with van der Waals surface area (Å²) in [7, 11) is 0. The molecule has 0 radical (unpaired) electrons. The fraction of sp³-hybridized carbons (Fsp3) is 1.00. The predicted molar refractivity (Wildman–Crippen MR) is 125 cm³/mol. The van der Waals surface area contributed by atoms with Crippen LogP contribution in [0.15, 0.2) is 0 Å². The second-order valence-corrected chi connectivity index (χ2v) is 11.5. The average Bonchev–Trinajstić information content (AvgIpc) is 2.44. The molecule has 3 nitrogen and oxygen atoms in total. The van der Waals surface area contributed by atoms with E-state index in [1.165, 1.54) is 38.5 Å². The van der Waals surface area contributed by atoms with Gasteiger partial charge in [-0.05, 0) is 80.9 Å². The molecule has 0 bridgehead atoms. The van der Waals surface area contributed by atoms with E-state index in [1.807, 2.05) is 0 Å². The average molecular weight is 419 g/mol. The quantitative estimate of drug-likeness (QED) is 0.188. The van der Waals surface area contributed by atoms with Crippen LogP contribution in [-0.4, -0.2) is 28.5 Å². The first-order valence-corrected chi connectivity index (χ1v) is 12.0. The van der Waals surface area contributed by atoms with Gasteiger partial charge in [0.05, 0.1) is 16.8 Å². The summed E-state index contributed by atoms with van der Waals surface area (Å²) in [5.41, 5.74) is -1.15. The van der Waals surface area contributed by atoms with Gasteiger partial charge in [-0.1, -0.05) is 45.4 Å². The van der Waals surface area contributed by atoms with Gasteiger partial charge in [0.1, 0.15) is 0 Å². The van der Waals surface area contributed by atoms with Crippen molar-refractivity contribution in [1.29, 1.82) is 0 Å². The lowest BCUT2D eigenvalue weighted by Crippen LogP contribution is -2.56. The van der Waals surface area contributed by atoms with E-state index >= 15 is 0 Å². The van der Waals surface area contributed by atoms with Crippen molar-refractivity contribution in [2.45, 2.75) is 143 Å². The van der Waals surface area contributed by atoms with Gasteiger partial charge in [-0.2, -0.15) is 12.6 Å². The zero-order chi connectivity index (χ0) is 22.1. The van der Waals surface area contributed by atoms with E-state index in [9.17, 15) is 0 Å². The molecule has 4 heteroatoms. The lowest BCUT2D eigenvalue weighted by atomic mass is 9.93. The third-order valence-corrected chi connectivity index (χ3v) is 4.49. The monoisotopic (exact) mass is 418 g/mol. The van der Waals surface area contributed by atoms with Gasteiger partial charge in [-0.25, -0.2) is 0 Å². The molecular weight excluding hydrogens is 368 g/mol. The maximum absolute atomic E-state index is 6.61. The Morgan fingerprint density at radius 3 is 1.36 bits per heavy atom. The fourth-order valence-corrected chi connectivity index (χ4v) is 3.73. The number of hydrogen-bond donors (Lipinski definition) is 1. The molecule has 0 saturated heterocycles. The Labute approximate surface area is 182 Å². The highest BCUT2D eigenvalue weighted by molar-refractivity contribution is 7.80. The van der Waals surface area contributed by atoms with E-state index in [1.54, 1.807) is 0 Å². The summed E-state index contributed by atoms with van der Waals surface area (Å²) in [5, 5.41) is 0. The Bertz CT molecular complexity index is 361. The van der Waals surface area contributed by atoms with Crippen LogP contribution in [0.4, 0.5) is 0 Å². The van der Waals surface area contributed by atoms with Crippen molar-refractivity contribution in [3.8, 4) is 0 Å². The van der Waals surface area contributed by atoms with Crippen LogP contribution < -0.4 is 0 Å². The number of rotatable bonds is 13. The van der Waals surface area contributed by atoms with Crippen molar-refractivity contribution in [3.05, 3.63) is 0 Å². The molecule has 0 aromatic carbocycles. The van der Waals surface area contributed by atoms with E-state index in [4.69, 9.17) is 14.2 Å². The molecule has 1 unspecified atom stereocenters. The van der Waals surface area contributed by atoms with Gasteiger partial charge in [-0.3, -0.25) is 0 Å². The molecule has 28 heavy (non-hydrogen) atoms. The van der Waals surface area contributed by atoms with Gasteiger partial charge < -0.3 is 14.2 Å². The minimum Gasteiger partial charge on any atom is -0.321 e. The summed E-state index contributed by atoms with van der Waals surface area (Å²) in [6, 6.07) is 0. The summed E-state index contributed by atoms with van der Waals surface area (Å²) in [6.07, 6.45) is 9.58. The second kappa shape index (κ2) is 12.2. The maximum atomic E-state index is 6.61. The molecule has 0 aliphatic carbocycles. The molecule has 0 rings (SSSR count). The molecule has 0 aromatic heterocycles. The highest BCUT2D eigenvalue weighted by atomic mass is 32.1. The molecule has 0 aromatic rings. The zero-order valence-corrected chi connectivity index (χ0v) is 21.5. The minimum absolute atomic E-state index is 0.133. The highest BCUT2D eigenvalue weighted by Crippen LogP contribution is 2.41. The van der Waals surface area contributed by atoms with Crippen molar-refractivity contribution < 1.29 is 14.2 Å². The zero-order valence-electron chi connectivity index (χ0n) is 20.6. The number of ether oxygens (including phenoxy) is 3. The molecule has 0 aliphatic rings.